The van der Waals surface area contributed by atoms with Gasteiger partial charge in [-0.2, -0.15) is 0 Å². The van der Waals surface area contributed by atoms with Crippen LogP contribution in [0.1, 0.15) is 11.5 Å². The van der Waals surface area contributed by atoms with Gasteiger partial charge in [-0.25, -0.2) is 22.9 Å². The maximum Gasteiger partial charge on any atom is 0.320 e. The first-order chi connectivity index (χ1) is 11.5. The molecule has 0 spiro atoms. The Kier molecular flexibility index (Phi) is 3.16. The average Bonchev–Trinajstić information content (AvgIpc) is 3.26. The second kappa shape index (κ2) is 5.12. The van der Waals surface area contributed by atoms with Crippen molar-refractivity contribution in [2.24, 2.45) is 11.7 Å². The molecule has 2 heterocycles. The number of benzene rings is 1. The van der Waals surface area contributed by atoms with Gasteiger partial charge in [-0.05, 0) is 24.3 Å². The number of urea groups is 1. The van der Waals surface area contributed by atoms with Crippen LogP contribution >= 0.6 is 0 Å². The number of fused-ring (bicyclic) bond motifs is 3. The zero-order chi connectivity index (χ0) is 17.0. The summed E-state index contributed by atoms with van der Waals surface area (Å²) in [6, 6.07) is 3.17. The number of primary amides is 1. The molecule has 24 heavy (non-hydrogen) atoms. The van der Waals surface area contributed by atoms with E-state index in [0.717, 1.165) is 24.4 Å². The molecule has 2 amide bonds. The molecule has 1 fully saturated rings. The lowest BCUT2D eigenvalue weighted by atomic mass is 10.0. The van der Waals surface area contributed by atoms with Gasteiger partial charge in [0.2, 0.25) is 0 Å². The minimum atomic E-state index is -0.799. The molecule has 2 N–H and O–H groups in total. The lowest BCUT2D eigenvalue weighted by Gasteiger charge is -2.19. The van der Waals surface area contributed by atoms with Gasteiger partial charge in [0.25, 0.3) is 0 Å². The third-order valence-corrected chi connectivity index (χ3v) is 4.47. The number of carbonyl (C=O) groups is 1. The van der Waals surface area contributed by atoms with Crippen LogP contribution in [0.2, 0.25) is 0 Å². The lowest BCUT2D eigenvalue weighted by Crippen LogP contribution is -2.39. The van der Waals surface area contributed by atoms with Crippen molar-refractivity contribution in [1.29, 1.82) is 0 Å². The minimum Gasteiger partial charge on any atom is -0.490 e. The second-order valence-electron chi connectivity index (χ2n) is 5.81. The monoisotopic (exact) mass is 335 g/mol. The van der Waals surface area contributed by atoms with E-state index >= 15 is 0 Å². The van der Waals surface area contributed by atoms with Crippen molar-refractivity contribution in [3.63, 3.8) is 0 Å². The molecule has 124 valence electrons. The van der Waals surface area contributed by atoms with Crippen molar-refractivity contribution in [1.82, 2.24) is 4.98 Å². The molecule has 1 aromatic heterocycles. The highest BCUT2D eigenvalue weighted by Gasteiger charge is 2.60. The van der Waals surface area contributed by atoms with Crippen LogP contribution in [-0.4, -0.2) is 23.7 Å². The number of carbonyl (C=O) groups excluding carboxylic acids is 1. The molecular weight excluding hydrogens is 323 g/mol. The number of aromatic nitrogens is 1. The van der Waals surface area contributed by atoms with Gasteiger partial charge >= 0.3 is 6.03 Å². The summed E-state index contributed by atoms with van der Waals surface area (Å²) in [5, 5.41) is 0. The van der Waals surface area contributed by atoms with E-state index in [1.54, 1.807) is 0 Å². The highest BCUT2D eigenvalue weighted by Crippen LogP contribution is 2.58. The van der Waals surface area contributed by atoms with Gasteiger partial charge in [-0.3, -0.25) is 4.90 Å². The SMILES string of the molecule is NC(=O)N(c1ccc(F)cn1)[C@@H]1[C@@H]2COc3c(F)ccc(F)c3[C@@H]21. The molecule has 0 radical (unpaired) electrons. The number of pyridine rings is 1. The van der Waals surface area contributed by atoms with E-state index in [4.69, 9.17) is 10.5 Å². The second-order valence-corrected chi connectivity index (χ2v) is 5.81. The summed E-state index contributed by atoms with van der Waals surface area (Å²) in [6.07, 6.45) is 0.960. The van der Waals surface area contributed by atoms with Crippen LogP contribution in [0.4, 0.5) is 23.8 Å². The number of hydrogen-bond donors (Lipinski definition) is 1. The molecule has 5 nitrogen and oxygen atoms in total. The molecule has 0 unspecified atom stereocenters. The van der Waals surface area contributed by atoms with E-state index in [9.17, 15) is 18.0 Å². The van der Waals surface area contributed by atoms with Gasteiger partial charge in [0, 0.05) is 17.4 Å². The fourth-order valence-electron chi connectivity index (χ4n) is 3.40. The number of amides is 2. The van der Waals surface area contributed by atoms with Crippen LogP contribution in [0.5, 0.6) is 5.75 Å². The first-order valence-electron chi connectivity index (χ1n) is 7.30. The van der Waals surface area contributed by atoms with Crippen molar-refractivity contribution in [2.75, 3.05) is 11.5 Å². The number of nitrogens with zero attached hydrogens (tertiary/aromatic N) is 2. The van der Waals surface area contributed by atoms with Gasteiger partial charge < -0.3 is 10.5 Å². The van der Waals surface area contributed by atoms with E-state index in [0.29, 0.717) is 0 Å². The fourth-order valence-corrected chi connectivity index (χ4v) is 3.40. The highest BCUT2D eigenvalue weighted by molar-refractivity contribution is 5.91. The molecule has 0 saturated heterocycles. The Labute approximate surface area is 134 Å². The summed E-state index contributed by atoms with van der Waals surface area (Å²) in [5.74, 6) is -2.45. The molecule has 8 heteroatoms. The van der Waals surface area contributed by atoms with Crippen LogP contribution in [0.3, 0.4) is 0 Å². The predicted octanol–water partition coefficient (Wildman–Crippen LogP) is 2.56. The van der Waals surface area contributed by atoms with Gasteiger partial charge in [0.05, 0.1) is 18.8 Å². The van der Waals surface area contributed by atoms with Gasteiger partial charge in [-0.15, -0.1) is 0 Å². The third kappa shape index (κ3) is 2.10. The quantitative estimate of drug-likeness (QED) is 0.917. The number of nitrogens with two attached hydrogens (primary N) is 1. The Bertz CT molecular complexity index is 828. The summed E-state index contributed by atoms with van der Waals surface area (Å²) in [5.41, 5.74) is 5.54. The molecule has 1 aromatic carbocycles. The van der Waals surface area contributed by atoms with E-state index in [1.165, 1.54) is 11.0 Å². The Morgan fingerprint density at radius 3 is 2.62 bits per heavy atom. The van der Waals surface area contributed by atoms with Crippen molar-refractivity contribution >= 4 is 11.8 Å². The van der Waals surface area contributed by atoms with Crippen LogP contribution in [0.25, 0.3) is 0 Å². The summed E-state index contributed by atoms with van der Waals surface area (Å²) >= 11 is 0. The number of hydrogen-bond acceptors (Lipinski definition) is 3. The van der Waals surface area contributed by atoms with E-state index < -0.39 is 35.4 Å². The molecular formula is C16H12F3N3O2. The van der Waals surface area contributed by atoms with E-state index in [1.807, 2.05) is 0 Å². The number of halogens is 3. The standard InChI is InChI=1S/C16H12F3N3O2/c17-7-1-4-11(21-5-7)22(16(20)23)14-8-6-24-15-10(19)3-2-9(18)13(15)12(8)14/h1-5,8,12,14H,6H2,(H2,20,23)/t8-,12-,14-/m1/s1. The lowest BCUT2D eigenvalue weighted by molar-refractivity contribution is 0.250. The summed E-state index contributed by atoms with van der Waals surface area (Å²) in [7, 11) is 0. The molecule has 0 bridgehead atoms. The zero-order valence-corrected chi connectivity index (χ0v) is 12.2. The molecule has 4 rings (SSSR count). The molecule has 2 aromatic rings. The summed E-state index contributed by atoms with van der Waals surface area (Å²) < 4.78 is 46.4. The molecule has 3 atom stereocenters. The first-order valence-corrected chi connectivity index (χ1v) is 7.30. The van der Waals surface area contributed by atoms with Crippen LogP contribution in [0, 0.1) is 23.4 Å². The van der Waals surface area contributed by atoms with Crippen LogP contribution < -0.4 is 15.4 Å². The maximum absolute atomic E-state index is 14.2. The van der Waals surface area contributed by atoms with E-state index in [-0.39, 0.29) is 29.7 Å². The van der Waals surface area contributed by atoms with E-state index in [2.05, 4.69) is 4.98 Å². The zero-order valence-electron chi connectivity index (χ0n) is 12.2. The van der Waals surface area contributed by atoms with Crippen LogP contribution in [-0.2, 0) is 0 Å². The van der Waals surface area contributed by atoms with Gasteiger partial charge in [-0.1, -0.05) is 0 Å². The Morgan fingerprint density at radius 2 is 1.96 bits per heavy atom. The summed E-state index contributed by atoms with van der Waals surface area (Å²) in [4.78, 5) is 16.9. The highest BCUT2D eigenvalue weighted by atomic mass is 19.1. The summed E-state index contributed by atoms with van der Waals surface area (Å²) in [6.45, 7) is 0.133. The Morgan fingerprint density at radius 1 is 1.21 bits per heavy atom. The normalized spacial score (nSPS) is 23.7. The Balaban J connectivity index is 1.74. The first kappa shape index (κ1) is 14.8. The molecule has 1 aliphatic heterocycles. The number of rotatable bonds is 2. The number of ether oxygens (including phenoxy) is 1. The fraction of sp³-hybridized carbons (Fsp3) is 0.250. The minimum absolute atomic E-state index is 0.101. The van der Waals surface area contributed by atoms with Crippen LogP contribution in [0.15, 0.2) is 30.5 Å². The molecule has 1 saturated carbocycles. The van der Waals surface area contributed by atoms with Crippen molar-refractivity contribution < 1.29 is 22.7 Å². The molecule has 1 aliphatic carbocycles. The average molecular weight is 335 g/mol. The largest absolute Gasteiger partial charge is 0.490 e. The van der Waals surface area contributed by atoms with Crippen molar-refractivity contribution in [2.45, 2.75) is 12.0 Å². The van der Waals surface area contributed by atoms with Crippen molar-refractivity contribution in [3.05, 3.63) is 53.5 Å². The van der Waals surface area contributed by atoms with Gasteiger partial charge in [0.1, 0.15) is 17.5 Å². The topological polar surface area (TPSA) is 68.5 Å². The smallest absolute Gasteiger partial charge is 0.320 e. The Hall–Kier alpha value is -2.77. The number of anilines is 1. The maximum atomic E-state index is 14.2. The van der Waals surface area contributed by atoms with Crippen molar-refractivity contribution in [3.8, 4) is 5.75 Å². The van der Waals surface area contributed by atoms with Gasteiger partial charge in [0.15, 0.2) is 11.6 Å². The predicted molar refractivity (Wildman–Crippen MR) is 78.1 cm³/mol. The molecule has 2 aliphatic rings. The third-order valence-electron chi connectivity index (χ3n) is 4.47.